The molecule has 0 bridgehead atoms. The van der Waals surface area contributed by atoms with Gasteiger partial charge in [0.25, 0.3) is 5.91 Å². The molecule has 1 atom stereocenters. The summed E-state index contributed by atoms with van der Waals surface area (Å²) in [5.74, 6) is -0.576. The summed E-state index contributed by atoms with van der Waals surface area (Å²) in [4.78, 5) is 32.0. The molecule has 0 N–H and O–H groups in total. The van der Waals surface area contributed by atoms with Gasteiger partial charge < -0.3 is 4.74 Å². The summed E-state index contributed by atoms with van der Waals surface area (Å²) in [6.07, 6.45) is 3.39. The van der Waals surface area contributed by atoms with E-state index >= 15 is 0 Å². The number of benzene rings is 1. The van der Waals surface area contributed by atoms with Crippen LogP contribution in [0.15, 0.2) is 48.8 Å². The zero-order valence-corrected chi connectivity index (χ0v) is 16.8. The zero-order chi connectivity index (χ0) is 20.1. The van der Waals surface area contributed by atoms with Crippen LogP contribution in [-0.2, 0) is 16.1 Å². The Balaban J connectivity index is 1.95. The Morgan fingerprint density at radius 3 is 2.64 bits per heavy atom. The Labute approximate surface area is 167 Å². The van der Waals surface area contributed by atoms with E-state index < -0.39 is 12.0 Å². The van der Waals surface area contributed by atoms with Crippen LogP contribution in [0.25, 0.3) is 0 Å². The number of rotatable bonds is 7. The Bertz CT molecular complexity index is 938. The van der Waals surface area contributed by atoms with Gasteiger partial charge >= 0.3 is 5.97 Å². The lowest BCUT2D eigenvalue weighted by molar-refractivity contribution is -0.121. The fourth-order valence-corrected chi connectivity index (χ4v) is 3.70. The highest BCUT2D eigenvalue weighted by molar-refractivity contribution is 7.17. The number of aromatic nitrogens is 3. The maximum absolute atomic E-state index is 13.3. The first kappa shape index (κ1) is 19.8. The first-order valence-corrected chi connectivity index (χ1v) is 9.82. The zero-order valence-electron chi connectivity index (χ0n) is 16.0. The summed E-state index contributed by atoms with van der Waals surface area (Å²) in [7, 11) is 0. The molecule has 0 aliphatic rings. The fraction of sp³-hybridized carbons (Fsp3) is 0.300. The van der Waals surface area contributed by atoms with E-state index in [1.807, 2.05) is 30.3 Å². The second-order valence-electron chi connectivity index (χ2n) is 6.20. The largest absolute Gasteiger partial charge is 0.462 e. The minimum Gasteiger partial charge on any atom is -0.462 e. The maximum Gasteiger partial charge on any atom is 0.350 e. The third-order valence-corrected chi connectivity index (χ3v) is 5.37. The molecule has 0 saturated heterocycles. The molecule has 1 aromatic carbocycles. The van der Waals surface area contributed by atoms with Gasteiger partial charge in [-0.25, -0.2) is 9.78 Å². The molecule has 7 nitrogen and oxygen atoms in total. The molecule has 0 spiro atoms. The molecule has 1 amide bonds. The number of hydrogen-bond donors (Lipinski definition) is 0. The number of nitrogens with zero attached hydrogens (tertiary/aromatic N) is 4. The van der Waals surface area contributed by atoms with Crippen LogP contribution in [0.5, 0.6) is 0 Å². The van der Waals surface area contributed by atoms with E-state index in [2.05, 4.69) is 10.1 Å². The van der Waals surface area contributed by atoms with Crippen LogP contribution in [0, 0.1) is 6.92 Å². The monoisotopic (exact) mass is 398 g/mol. The first-order valence-electron chi connectivity index (χ1n) is 9.00. The van der Waals surface area contributed by atoms with Gasteiger partial charge in [-0.05, 0) is 32.4 Å². The lowest BCUT2D eigenvalue weighted by atomic mass is 10.2. The third kappa shape index (κ3) is 4.28. The van der Waals surface area contributed by atoms with E-state index in [9.17, 15) is 9.59 Å². The van der Waals surface area contributed by atoms with Gasteiger partial charge in [0.2, 0.25) is 0 Å². The number of hydrogen-bond acceptors (Lipinski definition) is 6. The average Bonchev–Trinajstić information content (AvgIpc) is 3.36. The molecule has 28 heavy (non-hydrogen) atoms. The SMILES string of the molecule is CCOC(=O)c1sc(N(Cc2ccccc2)C(=O)C(C)n2cccn2)nc1C. The summed E-state index contributed by atoms with van der Waals surface area (Å²) in [5, 5.41) is 4.64. The summed E-state index contributed by atoms with van der Waals surface area (Å²) >= 11 is 1.17. The Kier molecular flexibility index (Phi) is 6.20. The minimum absolute atomic E-state index is 0.156. The van der Waals surface area contributed by atoms with Gasteiger partial charge in [0.05, 0.1) is 18.8 Å². The van der Waals surface area contributed by atoms with Gasteiger partial charge in [-0.15, -0.1) is 0 Å². The molecule has 2 aromatic heterocycles. The van der Waals surface area contributed by atoms with Crippen LogP contribution in [-0.4, -0.2) is 33.2 Å². The molecular weight excluding hydrogens is 376 g/mol. The number of amides is 1. The highest BCUT2D eigenvalue weighted by Gasteiger charge is 2.28. The van der Waals surface area contributed by atoms with E-state index in [1.54, 1.807) is 48.8 Å². The number of aryl methyl sites for hydroxylation is 1. The quantitative estimate of drug-likeness (QED) is 0.568. The van der Waals surface area contributed by atoms with E-state index in [1.165, 1.54) is 11.3 Å². The van der Waals surface area contributed by atoms with E-state index in [-0.39, 0.29) is 12.5 Å². The molecule has 3 aromatic rings. The van der Waals surface area contributed by atoms with Crippen molar-refractivity contribution in [1.29, 1.82) is 0 Å². The summed E-state index contributed by atoms with van der Waals surface area (Å²) in [6, 6.07) is 10.9. The van der Waals surface area contributed by atoms with E-state index in [0.29, 0.717) is 22.2 Å². The maximum atomic E-state index is 13.3. The van der Waals surface area contributed by atoms with Crippen molar-refractivity contribution in [2.75, 3.05) is 11.5 Å². The highest BCUT2D eigenvalue weighted by Crippen LogP contribution is 2.29. The topological polar surface area (TPSA) is 77.3 Å². The number of anilines is 1. The van der Waals surface area contributed by atoms with Crippen molar-refractivity contribution in [2.45, 2.75) is 33.4 Å². The van der Waals surface area contributed by atoms with Gasteiger partial charge in [-0.2, -0.15) is 5.10 Å². The number of esters is 1. The molecule has 1 unspecified atom stereocenters. The molecule has 0 fully saturated rings. The molecule has 0 aliphatic carbocycles. The Morgan fingerprint density at radius 2 is 2.00 bits per heavy atom. The molecule has 0 radical (unpaired) electrons. The first-order chi connectivity index (χ1) is 13.5. The van der Waals surface area contributed by atoms with Crippen LogP contribution < -0.4 is 4.90 Å². The summed E-state index contributed by atoms with van der Waals surface area (Å²) in [6.45, 7) is 5.93. The summed E-state index contributed by atoms with van der Waals surface area (Å²) < 4.78 is 6.71. The highest BCUT2D eigenvalue weighted by atomic mass is 32.1. The van der Waals surface area contributed by atoms with Crippen molar-refractivity contribution in [3.63, 3.8) is 0 Å². The van der Waals surface area contributed by atoms with Crippen molar-refractivity contribution in [2.24, 2.45) is 0 Å². The third-order valence-electron chi connectivity index (χ3n) is 4.21. The number of ether oxygens (including phenoxy) is 1. The number of carbonyl (C=O) groups is 2. The lowest BCUT2D eigenvalue weighted by Gasteiger charge is -2.23. The summed E-state index contributed by atoms with van der Waals surface area (Å²) in [5.41, 5.74) is 1.52. The van der Waals surface area contributed by atoms with Crippen molar-refractivity contribution >= 4 is 28.3 Å². The van der Waals surface area contributed by atoms with Gasteiger partial charge in [-0.1, -0.05) is 41.7 Å². The smallest absolute Gasteiger partial charge is 0.350 e. The molecule has 8 heteroatoms. The molecule has 0 saturated carbocycles. The second-order valence-corrected chi connectivity index (χ2v) is 7.18. The minimum atomic E-state index is -0.506. The van der Waals surface area contributed by atoms with Crippen molar-refractivity contribution in [3.8, 4) is 0 Å². The van der Waals surface area contributed by atoms with Crippen LogP contribution in [0.3, 0.4) is 0 Å². The molecule has 146 valence electrons. The van der Waals surface area contributed by atoms with Crippen LogP contribution in [0.2, 0.25) is 0 Å². The lowest BCUT2D eigenvalue weighted by Crippen LogP contribution is -2.36. The molecule has 2 heterocycles. The van der Waals surface area contributed by atoms with Crippen LogP contribution >= 0.6 is 11.3 Å². The number of thiazole rings is 1. The number of carbonyl (C=O) groups excluding carboxylic acids is 2. The van der Waals surface area contributed by atoms with Gasteiger partial charge in [0.1, 0.15) is 10.9 Å². The van der Waals surface area contributed by atoms with E-state index in [0.717, 1.165) is 5.56 Å². The van der Waals surface area contributed by atoms with Gasteiger partial charge in [0.15, 0.2) is 5.13 Å². The Hall–Kier alpha value is -3.00. The van der Waals surface area contributed by atoms with Crippen LogP contribution in [0.1, 0.15) is 40.8 Å². The van der Waals surface area contributed by atoms with Crippen LogP contribution in [0.4, 0.5) is 5.13 Å². The normalized spacial score (nSPS) is 11.8. The fourth-order valence-electron chi connectivity index (χ4n) is 2.74. The average molecular weight is 398 g/mol. The predicted octanol–water partition coefficient (Wildman–Crippen LogP) is 3.62. The van der Waals surface area contributed by atoms with Crippen molar-refractivity contribution in [1.82, 2.24) is 14.8 Å². The molecule has 0 aliphatic heterocycles. The Morgan fingerprint density at radius 1 is 1.25 bits per heavy atom. The predicted molar refractivity (Wildman–Crippen MR) is 107 cm³/mol. The van der Waals surface area contributed by atoms with Gasteiger partial charge in [-0.3, -0.25) is 14.4 Å². The second kappa shape index (κ2) is 8.79. The standard InChI is InChI=1S/C20H22N4O3S/c1-4-27-19(26)17-14(2)22-20(28-17)23(13-16-9-6-5-7-10-16)18(25)15(3)24-12-8-11-21-24/h5-12,15H,4,13H2,1-3H3. The molecule has 3 rings (SSSR count). The van der Waals surface area contributed by atoms with Crippen molar-refractivity contribution in [3.05, 3.63) is 64.9 Å². The molecular formula is C20H22N4O3S. The van der Waals surface area contributed by atoms with E-state index in [4.69, 9.17) is 4.74 Å². The van der Waals surface area contributed by atoms with Gasteiger partial charge in [0, 0.05) is 12.4 Å². The van der Waals surface area contributed by atoms with Crippen molar-refractivity contribution < 1.29 is 14.3 Å².